The lowest BCUT2D eigenvalue weighted by atomic mass is 9.96. The molecule has 0 saturated heterocycles. The SMILES string of the molecule is Cc1ccc(-c2cn(C)c(=O)c3ccccc23)cc1C(=O)NCc1ccccc1. The number of carbonyl (C=O) groups is 1. The molecule has 3 aromatic carbocycles. The van der Waals surface area contributed by atoms with Crippen LogP contribution < -0.4 is 10.9 Å². The Morgan fingerprint density at radius 1 is 0.931 bits per heavy atom. The van der Waals surface area contributed by atoms with Crippen molar-refractivity contribution in [3.05, 3.63) is 106 Å². The fraction of sp³-hybridized carbons (Fsp3) is 0.120. The molecule has 1 N–H and O–H groups in total. The summed E-state index contributed by atoms with van der Waals surface area (Å²) in [5.74, 6) is -0.109. The van der Waals surface area contributed by atoms with E-state index < -0.39 is 0 Å². The Morgan fingerprint density at radius 2 is 1.62 bits per heavy atom. The fourth-order valence-electron chi connectivity index (χ4n) is 3.55. The van der Waals surface area contributed by atoms with Gasteiger partial charge in [-0.15, -0.1) is 0 Å². The largest absolute Gasteiger partial charge is 0.348 e. The molecule has 0 atom stereocenters. The lowest BCUT2D eigenvalue weighted by molar-refractivity contribution is 0.0950. The number of rotatable bonds is 4. The number of aryl methyl sites for hydroxylation is 2. The van der Waals surface area contributed by atoms with Gasteiger partial charge in [0.05, 0.1) is 0 Å². The number of aromatic nitrogens is 1. The van der Waals surface area contributed by atoms with Crippen molar-refractivity contribution in [2.24, 2.45) is 7.05 Å². The lowest BCUT2D eigenvalue weighted by Crippen LogP contribution is -2.23. The van der Waals surface area contributed by atoms with E-state index in [-0.39, 0.29) is 11.5 Å². The summed E-state index contributed by atoms with van der Waals surface area (Å²) in [5, 5.41) is 4.55. The zero-order valence-corrected chi connectivity index (χ0v) is 16.5. The predicted molar refractivity (Wildman–Crippen MR) is 117 cm³/mol. The van der Waals surface area contributed by atoms with E-state index in [1.165, 1.54) is 0 Å². The van der Waals surface area contributed by atoms with E-state index in [4.69, 9.17) is 0 Å². The minimum atomic E-state index is -0.109. The van der Waals surface area contributed by atoms with Crippen LogP contribution >= 0.6 is 0 Å². The molecular formula is C25H22N2O2. The predicted octanol–water partition coefficient (Wildman–Crippen LogP) is 4.44. The van der Waals surface area contributed by atoms with Crippen LogP contribution in [0, 0.1) is 6.92 Å². The second-order valence-electron chi connectivity index (χ2n) is 7.20. The third-order valence-corrected chi connectivity index (χ3v) is 5.18. The molecule has 4 heteroatoms. The van der Waals surface area contributed by atoms with Gasteiger partial charge in [-0.25, -0.2) is 0 Å². The summed E-state index contributed by atoms with van der Waals surface area (Å²) in [6.45, 7) is 2.41. The van der Waals surface area contributed by atoms with Crippen LogP contribution in [0.25, 0.3) is 21.9 Å². The number of hydrogen-bond donors (Lipinski definition) is 1. The Hall–Kier alpha value is -3.66. The first kappa shape index (κ1) is 18.7. The van der Waals surface area contributed by atoms with Gasteiger partial charge in [0.2, 0.25) is 0 Å². The molecule has 0 aliphatic rings. The summed E-state index contributed by atoms with van der Waals surface area (Å²) >= 11 is 0. The minimum absolute atomic E-state index is 0.0303. The second kappa shape index (κ2) is 7.76. The first-order valence-electron chi connectivity index (χ1n) is 9.56. The van der Waals surface area contributed by atoms with Gasteiger partial charge in [0.25, 0.3) is 11.5 Å². The highest BCUT2D eigenvalue weighted by atomic mass is 16.1. The standard InChI is InChI=1S/C25H22N2O2/c1-17-12-13-19(14-22(17)24(28)26-15-18-8-4-3-5-9-18)23-16-27(2)25(29)21-11-7-6-10-20(21)23/h3-14,16H,15H2,1-2H3,(H,26,28). The van der Waals surface area contributed by atoms with Gasteiger partial charge >= 0.3 is 0 Å². The molecule has 29 heavy (non-hydrogen) atoms. The lowest BCUT2D eigenvalue weighted by Gasteiger charge is -2.13. The van der Waals surface area contributed by atoms with Crippen molar-refractivity contribution >= 4 is 16.7 Å². The smallest absolute Gasteiger partial charge is 0.258 e. The van der Waals surface area contributed by atoms with E-state index >= 15 is 0 Å². The summed E-state index contributed by atoms with van der Waals surface area (Å²) in [7, 11) is 1.75. The van der Waals surface area contributed by atoms with Crippen LogP contribution in [-0.4, -0.2) is 10.5 Å². The molecule has 0 aliphatic carbocycles. The Kier molecular flexibility index (Phi) is 5.00. The summed E-state index contributed by atoms with van der Waals surface area (Å²) in [4.78, 5) is 25.3. The molecule has 0 aliphatic heterocycles. The summed E-state index contributed by atoms with van der Waals surface area (Å²) in [5.41, 5.74) is 4.41. The van der Waals surface area contributed by atoms with Gasteiger partial charge in [-0.2, -0.15) is 0 Å². The van der Waals surface area contributed by atoms with Crippen molar-refractivity contribution in [2.45, 2.75) is 13.5 Å². The Labute approximate surface area is 169 Å². The van der Waals surface area contributed by atoms with E-state index in [0.717, 1.165) is 27.6 Å². The van der Waals surface area contributed by atoms with E-state index in [1.807, 2.05) is 85.9 Å². The molecule has 0 radical (unpaired) electrons. The molecule has 1 aromatic heterocycles. The molecule has 0 bridgehead atoms. The molecule has 144 valence electrons. The summed E-state index contributed by atoms with van der Waals surface area (Å²) in [6.07, 6.45) is 1.83. The molecule has 4 nitrogen and oxygen atoms in total. The second-order valence-corrected chi connectivity index (χ2v) is 7.20. The number of nitrogens with zero attached hydrogens (tertiary/aromatic N) is 1. The van der Waals surface area contributed by atoms with Crippen LogP contribution in [0.1, 0.15) is 21.5 Å². The number of carbonyl (C=O) groups excluding carboxylic acids is 1. The Balaban J connectivity index is 1.73. The van der Waals surface area contributed by atoms with Crippen molar-refractivity contribution < 1.29 is 4.79 Å². The maximum absolute atomic E-state index is 12.8. The highest BCUT2D eigenvalue weighted by Gasteiger charge is 2.13. The van der Waals surface area contributed by atoms with Crippen molar-refractivity contribution in [1.82, 2.24) is 9.88 Å². The van der Waals surface area contributed by atoms with Crippen molar-refractivity contribution in [3.63, 3.8) is 0 Å². The van der Waals surface area contributed by atoms with Crippen molar-refractivity contribution in [2.75, 3.05) is 0 Å². The van der Waals surface area contributed by atoms with Crippen LogP contribution in [0.5, 0.6) is 0 Å². The maximum Gasteiger partial charge on any atom is 0.258 e. The number of hydrogen-bond acceptors (Lipinski definition) is 2. The maximum atomic E-state index is 12.8. The van der Waals surface area contributed by atoms with E-state index in [9.17, 15) is 9.59 Å². The fourth-order valence-corrected chi connectivity index (χ4v) is 3.55. The number of amides is 1. The van der Waals surface area contributed by atoms with Crippen LogP contribution in [0.2, 0.25) is 0 Å². The van der Waals surface area contributed by atoms with Gasteiger partial charge in [0.15, 0.2) is 0 Å². The first-order chi connectivity index (χ1) is 14.0. The van der Waals surface area contributed by atoms with Gasteiger partial charge in [-0.05, 0) is 41.1 Å². The van der Waals surface area contributed by atoms with Crippen molar-refractivity contribution in [1.29, 1.82) is 0 Å². The van der Waals surface area contributed by atoms with E-state index in [1.54, 1.807) is 11.6 Å². The molecule has 0 unspecified atom stereocenters. The third kappa shape index (κ3) is 3.69. The number of pyridine rings is 1. The quantitative estimate of drug-likeness (QED) is 0.567. The number of fused-ring (bicyclic) bond motifs is 1. The molecule has 4 rings (SSSR count). The highest BCUT2D eigenvalue weighted by molar-refractivity contribution is 6.00. The van der Waals surface area contributed by atoms with Crippen molar-refractivity contribution in [3.8, 4) is 11.1 Å². The third-order valence-electron chi connectivity index (χ3n) is 5.18. The molecular weight excluding hydrogens is 360 g/mol. The molecule has 1 amide bonds. The van der Waals surface area contributed by atoms with Gasteiger partial charge in [0.1, 0.15) is 0 Å². The molecule has 0 saturated carbocycles. The first-order valence-corrected chi connectivity index (χ1v) is 9.56. The average Bonchev–Trinajstić information content (AvgIpc) is 2.76. The minimum Gasteiger partial charge on any atom is -0.348 e. The highest BCUT2D eigenvalue weighted by Crippen LogP contribution is 2.28. The normalized spacial score (nSPS) is 10.8. The van der Waals surface area contributed by atoms with Gasteiger partial charge in [0, 0.05) is 36.3 Å². The summed E-state index contributed by atoms with van der Waals surface area (Å²) in [6, 6.07) is 23.3. The molecule has 0 spiro atoms. The topological polar surface area (TPSA) is 51.1 Å². The monoisotopic (exact) mass is 382 g/mol. The number of benzene rings is 3. The van der Waals surface area contributed by atoms with Crippen LogP contribution in [-0.2, 0) is 13.6 Å². The van der Waals surface area contributed by atoms with Crippen LogP contribution in [0.4, 0.5) is 0 Å². The van der Waals surface area contributed by atoms with Gasteiger partial charge < -0.3 is 9.88 Å². The summed E-state index contributed by atoms with van der Waals surface area (Å²) < 4.78 is 1.59. The molecule has 4 aromatic rings. The molecule has 0 fully saturated rings. The van der Waals surface area contributed by atoms with Crippen LogP contribution in [0.3, 0.4) is 0 Å². The molecule has 1 heterocycles. The van der Waals surface area contributed by atoms with E-state index in [2.05, 4.69) is 5.32 Å². The van der Waals surface area contributed by atoms with Gasteiger partial charge in [-0.1, -0.05) is 60.7 Å². The van der Waals surface area contributed by atoms with Crippen LogP contribution in [0.15, 0.2) is 83.8 Å². The van der Waals surface area contributed by atoms with E-state index in [0.29, 0.717) is 17.5 Å². The Morgan fingerprint density at radius 3 is 2.38 bits per heavy atom. The number of nitrogens with one attached hydrogen (secondary N) is 1. The average molecular weight is 382 g/mol. The zero-order chi connectivity index (χ0) is 20.4. The van der Waals surface area contributed by atoms with Gasteiger partial charge in [-0.3, -0.25) is 9.59 Å². The zero-order valence-electron chi connectivity index (χ0n) is 16.5. The Bertz CT molecular complexity index is 1260.